The number of rotatable bonds is 2. The smallest absolute Gasteiger partial charge is 0.0739 e. The summed E-state index contributed by atoms with van der Waals surface area (Å²) < 4.78 is 0. The van der Waals surface area contributed by atoms with Crippen LogP contribution in [0.5, 0.6) is 0 Å². The maximum Gasteiger partial charge on any atom is 0.0739 e. The Bertz CT molecular complexity index is 700. The lowest BCUT2D eigenvalue weighted by molar-refractivity contribution is 0.867. The molecule has 0 saturated carbocycles. The van der Waals surface area contributed by atoms with Gasteiger partial charge in [0, 0.05) is 23.3 Å². The largest absolute Gasteiger partial charge is 0.256 e. The van der Waals surface area contributed by atoms with Crippen LogP contribution in [-0.2, 0) is 0 Å². The van der Waals surface area contributed by atoms with Crippen LogP contribution >= 0.6 is 0 Å². The monoisotopic (exact) mass is 248 g/mol. The Balaban J connectivity index is 2.03. The fourth-order valence-corrected chi connectivity index (χ4v) is 2.16. The third-order valence-electron chi connectivity index (χ3n) is 3.36. The SMILES string of the molecule is CC(C)c1ccc(-c2cc3ncccc3cn2)cc1. The molecule has 0 unspecified atom stereocenters. The first-order valence-electron chi connectivity index (χ1n) is 6.55. The van der Waals surface area contributed by atoms with Gasteiger partial charge in [-0.25, -0.2) is 0 Å². The molecule has 2 heteroatoms. The molecule has 0 radical (unpaired) electrons. The Morgan fingerprint density at radius 1 is 0.947 bits per heavy atom. The number of nitrogens with zero attached hydrogens (tertiary/aromatic N) is 2. The van der Waals surface area contributed by atoms with Crippen LogP contribution in [0.15, 0.2) is 54.9 Å². The molecular formula is C17H16N2. The molecule has 0 spiro atoms. The summed E-state index contributed by atoms with van der Waals surface area (Å²) in [5.41, 5.74) is 4.45. The van der Waals surface area contributed by atoms with Crippen LogP contribution in [-0.4, -0.2) is 9.97 Å². The molecule has 2 nitrogen and oxygen atoms in total. The highest BCUT2D eigenvalue weighted by Gasteiger charge is 2.03. The first kappa shape index (κ1) is 11.8. The molecule has 0 fully saturated rings. The summed E-state index contributed by atoms with van der Waals surface area (Å²) in [6.07, 6.45) is 3.70. The fourth-order valence-electron chi connectivity index (χ4n) is 2.16. The van der Waals surface area contributed by atoms with Crippen LogP contribution < -0.4 is 0 Å². The standard InChI is InChI=1S/C17H16N2/c1-12(2)13-5-7-14(8-6-13)16-10-17-15(11-19-16)4-3-9-18-17/h3-12H,1-2H3. The predicted octanol–water partition coefficient (Wildman–Crippen LogP) is 4.42. The van der Waals surface area contributed by atoms with Crippen molar-refractivity contribution in [2.45, 2.75) is 19.8 Å². The lowest BCUT2D eigenvalue weighted by Crippen LogP contribution is -1.89. The second kappa shape index (κ2) is 4.81. The molecule has 94 valence electrons. The molecule has 19 heavy (non-hydrogen) atoms. The first-order valence-corrected chi connectivity index (χ1v) is 6.55. The number of hydrogen-bond acceptors (Lipinski definition) is 2. The van der Waals surface area contributed by atoms with E-state index in [9.17, 15) is 0 Å². The number of benzene rings is 1. The lowest BCUT2D eigenvalue weighted by atomic mass is 10.0. The third kappa shape index (κ3) is 2.34. The van der Waals surface area contributed by atoms with Gasteiger partial charge in [-0.2, -0.15) is 0 Å². The van der Waals surface area contributed by atoms with E-state index in [1.54, 1.807) is 0 Å². The van der Waals surface area contributed by atoms with E-state index in [-0.39, 0.29) is 0 Å². The maximum absolute atomic E-state index is 4.51. The van der Waals surface area contributed by atoms with Crippen molar-refractivity contribution in [2.24, 2.45) is 0 Å². The summed E-state index contributed by atoms with van der Waals surface area (Å²) in [4.78, 5) is 8.88. The van der Waals surface area contributed by atoms with E-state index in [2.05, 4.69) is 48.1 Å². The van der Waals surface area contributed by atoms with Crippen LogP contribution in [0, 0.1) is 0 Å². The molecule has 0 aliphatic carbocycles. The Morgan fingerprint density at radius 2 is 1.74 bits per heavy atom. The van der Waals surface area contributed by atoms with Gasteiger partial charge in [0.25, 0.3) is 0 Å². The highest BCUT2D eigenvalue weighted by Crippen LogP contribution is 2.23. The number of pyridine rings is 2. The average Bonchev–Trinajstić information content (AvgIpc) is 2.47. The van der Waals surface area contributed by atoms with E-state index in [0.717, 1.165) is 22.2 Å². The molecule has 0 amide bonds. The first-order chi connectivity index (χ1) is 9.24. The molecule has 3 aromatic rings. The van der Waals surface area contributed by atoms with Gasteiger partial charge >= 0.3 is 0 Å². The Kier molecular flexibility index (Phi) is 3.00. The zero-order valence-electron chi connectivity index (χ0n) is 11.2. The average molecular weight is 248 g/mol. The van der Waals surface area contributed by atoms with Gasteiger partial charge in [-0.05, 0) is 29.7 Å². The van der Waals surface area contributed by atoms with Crippen molar-refractivity contribution in [1.29, 1.82) is 0 Å². The van der Waals surface area contributed by atoms with Gasteiger partial charge in [-0.15, -0.1) is 0 Å². The molecule has 0 saturated heterocycles. The van der Waals surface area contributed by atoms with Gasteiger partial charge < -0.3 is 0 Å². The molecule has 0 atom stereocenters. The topological polar surface area (TPSA) is 25.8 Å². The Labute approximate surface area is 113 Å². The quantitative estimate of drug-likeness (QED) is 0.671. The molecule has 3 rings (SSSR count). The van der Waals surface area contributed by atoms with E-state index in [1.165, 1.54) is 5.56 Å². The van der Waals surface area contributed by atoms with E-state index >= 15 is 0 Å². The van der Waals surface area contributed by atoms with Crippen molar-refractivity contribution in [3.63, 3.8) is 0 Å². The minimum atomic E-state index is 0.556. The van der Waals surface area contributed by atoms with Crippen LogP contribution in [0.1, 0.15) is 25.3 Å². The summed E-state index contributed by atoms with van der Waals surface area (Å²) in [6.45, 7) is 4.40. The van der Waals surface area contributed by atoms with Gasteiger partial charge in [0.15, 0.2) is 0 Å². The molecular weight excluding hydrogens is 232 g/mol. The highest BCUT2D eigenvalue weighted by atomic mass is 14.7. The van der Waals surface area contributed by atoms with Crippen molar-refractivity contribution >= 4 is 10.9 Å². The van der Waals surface area contributed by atoms with E-state index in [1.807, 2.05) is 30.6 Å². The second-order valence-electron chi connectivity index (χ2n) is 5.04. The van der Waals surface area contributed by atoms with Crippen LogP contribution in [0.25, 0.3) is 22.2 Å². The zero-order chi connectivity index (χ0) is 13.2. The maximum atomic E-state index is 4.51. The molecule has 2 aromatic heterocycles. The second-order valence-corrected chi connectivity index (χ2v) is 5.04. The number of fused-ring (bicyclic) bond motifs is 1. The Morgan fingerprint density at radius 3 is 2.47 bits per heavy atom. The van der Waals surface area contributed by atoms with Crippen molar-refractivity contribution in [2.75, 3.05) is 0 Å². The van der Waals surface area contributed by atoms with Gasteiger partial charge in [0.2, 0.25) is 0 Å². The van der Waals surface area contributed by atoms with E-state index in [0.29, 0.717) is 5.92 Å². The summed E-state index contributed by atoms with van der Waals surface area (Å²) in [6, 6.07) is 14.6. The number of hydrogen-bond donors (Lipinski definition) is 0. The van der Waals surface area contributed by atoms with Crippen LogP contribution in [0.2, 0.25) is 0 Å². The normalized spacial score (nSPS) is 11.1. The van der Waals surface area contributed by atoms with Crippen molar-refractivity contribution in [3.8, 4) is 11.3 Å². The lowest BCUT2D eigenvalue weighted by Gasteiger charge is -2.07. The van der Waals surface area contributed by atoms with Crippen molar-refractivity contribution < 1.29 is 0 Å². The summed E-state index contributed by atoms with van der Waals surface area (Å²) in [7, 11) is 0. The van der Waals surface area contributed by atoms with Gasteiger partial charge in [0.05, 0.1) is 11.2 Å². The zero-order valence-corrected chi connectivity index (χ0v) is 11.2. The van der Waals surface area contributed by atoms with Gasteiger partial charge in [-0.1, -0.05) is 38.1 Å². The van der Waals surface area contributed by atoms with Crippen LogP contribution in [0.4, 0.5) is 0 Å². The molecule has 0 bridgehead atoms. The molecule has 0 aliphatic rings. The molecule has 0 N–H and O–H groups in total. The van der Waals surface area contributed by atoms with Crippen molar-refractivity contribution in [3.05, 3.63) is 60.4 Å². The molecule has 0 aliphatic heterocycles. The van der Waals surface area contributed by atoms with E-state index in [4.69, 9.17) is 0 Å². The summed E-state index contributed by atoms with van der Waals surface area (Å²) >= 11 is 0. The summed E-state index contributed by atoms with van der Waals surface area (Å²) in [5.74, 6) is 0.556. The predicted molar refractivity (Wildman–Crippen MR) is 79.1 cm³/mol. The molecule has 2 heterocycles. The number of aromatic nitrogens is 2. The summed E-state index contributed by atoms with van der Waals surface area (Å²) in [5, 5.41) is 1.07. The Hall–Kier alpha value is -2.22. The van der Waals surface area contributed by atoms with Crippen LogP contribution in [0.3, 0.4) is 0 Å². The van der Waals surface area contributed by atoms with E-state index < -0.39 is 0 Å². The van der Waals surface area contributed by atoms with Gasteiger partial charge in [-0.3, -0.25) is 9.97 Å². The van der Waals surface area contributed by atoms with Gasteiger partial charge in [0.1, 0.15) is 0 Å². The molecule has 1 aromatic carbocycles. The minimum absolute atomic E-state index is 0.556. The highest BCUT2D eigenvalue weighted by molar-refractivity contribution is 5.81. The third-order valence-corrected chi connectivity index (χ3v) is 3.36. The van der Waals surface area contributed by atoms with Crippen molar-refractivity contribution in [1.82, 2.24) is 9.97 Å². The minimum Gasteiger partial charge on any atom is -0.256 e. The fraction of sp³-hybridized carbons (Fsp3) is 0.176.